The Balaban J connectivity index is 1.54. The molecule has 0 bridgehead atoms. The lowest BCUT2D eigenvalue weighted by Gasteiger charge is -2.34. The Morgan fingerprint density at radius 3 is 2.48 bits per heavy atom. The number of hydrogen-bond donors (Lipinski definition) is 0. The van der Waals surface area contributed by atoms with Gasteiger partial charge in [0.2, 0.25) is 5.91 Å². The van der Waals surface area contributed by atoms with E-state index in [9.17, 15) is 9.18 Å². The molecular weight excluding hydrogens is 387 g/mol. The Kier molecular flexibility index (Phi) is 5.54. The third kappa shape index (κ3) is 4.10. The quantitative estimate of drug-likeness (QED) is 0.780. The molecular formula is C18H22BrFN4O. The van der Waals surface area contributed by atoms with Crippen molar-refractivity contribution >= 4 is 21.8 Å². The molecule has 0 aliphatic carbocycles. The minimum Gasteiger partial charge on any atom is -0.339 e. The van der Waals surface area contributed by atoms with Crippen LogP contribution in [0.15, 0.2) is 28.7 Å². The predicted octanol–water partition coefficient (Wildman–Crippen LogP) is 2.75. The SMILES string of the molecule is Cc1nn(CC(=O)N2CCN(Cc3ccccc3F)CC2)c(C)c1Br. The zero-order chi connectivity index (χ0) is 18.0. The summed E-state index contributed by atoms with van der Waals surface area (Å²) in [6.07, 6.45) is 0. The van der Waals surface area contributed by atoms with E-state index in [1.165, 1.54) is 6.07 Å². The molecule has 1 aromatic heterocycles. The van der Waals surface area contributed by atoms with Crippen LogP contribution < -0.4 is 0 Å². The van der Waals surface area contributed by atoms with E-state index in [4.69, 9.17) is 0 Å². The van der Waals surface area contributed by atoms with Crippen molar-refractivity contribution in [3.63, 3.8) is 0 Å². The first kappa shape index (κ1) is 18.1. The second kappa shape index (κ2) is 7.66. The van der Waals surface area contributed by atoms with Crippen LogP contribution >= 0.6 is 15.9 Å². The fourth-order valence-corrected chi connectivity index (χ4v) is 3.36. The van der Waals surface area contributed by atoms with Gasteiger partial charge in [-0.05, 0) is 35.8 Å². The normalized spacial score (nSPS) is 15.6. The molecule has 3 rings (SSSR count). The number of amides is 1. The van der Waals surface area contributed by atoms with Crippen molar-refractivity contribution in [2.45, 2.75) is 26.9 Å². The number of nitrogens with zero attached hydrogens (tertiary/aromatic N) is 4. The molecule has 0 N–H and O–H groups in total. The molecule has 25 heavy (non-hydrogen) atoms. The first-order valence-corrected chi connectivity index (χ1v) is 9.18. The van der Waals surface area contributed by atoms with Crippen LogP contribution in [0, 0.1) is 19.7 Å². The largest absolute Gasteiger partial charge is 0.339 e. The van der Waals surface area contributed by atoms with Gasteiger partial charge >= 0.3 is 0 Å². The van der Waals surface area contributed by atoms with Crippen LogP contribution in [0.5, 0.6) is 0 Å². The van der Waals surface area contributed by atoms with Crippen LogP contribution in [0.1, 0.15) is 17.0 Å². The summed E-state index contributed by atoms with van der Waals surface area (Å²) in [5, 5.41) is 4.40. The molecule has 0 atom stereocenters. The van der Waals surface area contributed by atoms with Gasteiger partial charge in [-0.2, -0.15) is 5.10 Å². The Morgan fingerprint density at radius 1 is 1.20 bits per heavy atom. The molecule has 1 saturated heterocycles. The number of carbonyl (C=O) groups excluding carboxylic acids is 1. The lowest BCUT2D eigenvalue weighted by molar-refractivity contribution is -0.133. The topological polar surface area (TPSA) is 41.4 Å². The van der Waals surface area contributed by atoms with Crippen molar-refractivity contribution < 1.29 is 9.18 Å². The zero-order valence-electron chi connectivity index (χ0n) is 14.5. The molecule has 0 saturated carbocycles. The fourth-order valence-electron chi connectivity index (χ4n) is 3.08. The van der Waals surface area contributed by atoms with Gasteiger partial charge < -0.3 is 4.90 Å². The van der Waals surface area contributed by atoms with E-state index in [1.54, 1.807) is 10.7 Å². The highest BCUT2D eigenvalue weighted by Crippen LogP contribution is 2.20. The van der Waals surface area contributed by atoms with Gasteiger partial charge in [-0.25, -0.2) is 4.39 Å². The first-order valence-electron chi connectivity index (χ1n) is 8.38. The molecule has 2 heterocycles. The summed E-state index contributed by atoms with van der Waals surface area (Å²) < 4.78 is 16.5. The van der Waals surface area contributed by atoms with Crippen molar-refractivity contribution in [3.8, 4) is 0 Å². The highest BCUT2D eigenvalue weighted by molar-refractivity contribution is 9.10. The van der Waals surface area contributed by atoms with Crippen LogP contribution in [0.2, 0.25) is 0 Å². The van der Waals surface area contributed by atoms with Gasteiger partial charge in [0.15, 0.2) is 0 Å². The minimum atomic E-state index is -0.170. The summed E-state index contributed by atoms with van der Waals surface area (Å²) in [4.78, 5) is 16.6. The number of rotatable bonds is 4. The van der Waals surface area contributed by atoms with Gasteiger partial charge in [0, 0.05) is 38.3 Å². The van der Waals surface area contributed by atoms with E-state index in [0.29, 0.717) is 25.2 Å². The van der Waals surface area contributed by atoms with Crippen LogP contribution in [-0.2, 0) is 17.9 Å². The predicted molar refractivity (Wildman–Crippen MR) is 97.7 cm³/mol. The number of piperazine rings is 1. The summed E-state index contributed by atoms with van der Waals surface area (Å²) in [6, 6.07) is 6.85. The molecule has 1 aliphatic heterocycles. The van der Waals surface area contributed by atoms with Crippen molar-refractivity contribution in [3.05, 3.63) is 51.5 Å². The highest BCUT2D eigenvalue weighted by atomic mass is 79.9. The summed E-state index contributed by atoms with van der Waals surface area (Å²) in [7, 11) is 0. The third-order valence-electron chi connectivity index (χ3n) is 4.65. The van der Waals surface area contributed by atoms with Crippen LogP contribution in [0.4, 0.5) is 4.39 Å². The van der Waals surface area contributed by atoms with Crippen LogP contribution in [-0.4, -0.2) is 51.7 Å². The minimum absolute atomic E-state index is 0.0728. The molecule has 1 fully saturated rings. The zero-order valence-corrected chi connectivity index (χ0v) is 16.1. The standard InChI is InChI=1S/C18H22BrFN4O/c1-13-18(19)14(2)24(21-13)12-17(25)23-9-7-22(8-10-23)11-15-5-3-4-6-16(15)20/h3-6H,7-12H2,1-2H3. The van der Waals surface area contributed by atoms with Crippen molar-refractivity contribution in [1.29, 1.82) is 0 Å². The van der Waals surface area contributed by atoms with Crippen molar-refractivity contribution in [2.24, 2.45) is 0 Å². The van der Waals surface area contributed by atoms with Crippen molar-refractivity contribution in [2.75, 3.05) is 26.2 Å². The number of hydrogen-bond acceptors (Lipinski definition) is 3. The molecule has 5 nitrogen and oxygen atoms in total. The molecule has 0 unspecified atom stereocenters. The molecule has 7 heteroatoms. The van der Waals surface area contributed by atoms with Gasteiger partial charge in [-0.3, -0.25) is 14.4 Å². The Hall–Kier alpha value is -1.73. The number of aromatic nitrogens is 2. The monoisotopic (exact) mass is 408 g/mol. The van der Waals surface area contributed by atoms with E-state index in [0.717, 1.165) is 29.0 Å². The number of benzene rings is 1. The average molecular weight is 409 g/mol. The molecule has 1 aromatic carbocycles. The van der Waals surface area contributed by atoms with E-state index < -0.39 is 0 Å². The Labute approximate surface area is 155 Å². The average Bonchev–Trinajstić information content (AvgIpc) is 2.84. The molecule has 1 aliphatic rings. The smallest absolute Gasteiger partial charge is 0.244 e. The molecule has 1 amide bonds. The van der Waals surface area contributed by atoms with Gasteiger partial charge in [0.1, 0.15) is 12.4 Å². The molecule has 0 spiro atoms. The van der Waals surface area contributed by atoms with E-state index in [-0.39, 0.29) is 18.3 Å². The van der Waals surface area contributed by atoms with Crippen molar-refractivity contribution in [1.82, 2.24) is 19.6 Å². The molecule has 134 valence electrons. The van der Waals surface area contributed by atoms with Crippen LogP contribution in [0.3, 0.4) is 0 Å². The van der Waals surface area contributed by atoms with E-state index in [1.807, 2.05) is 30.9 Å². The summed E-state index contributed by atoms with van der Waals surface area (Å²) >= 11 is 3.49. The van der Waals surface area contributed by atoms with Gasteiger partial charge in [-0.15, -0.1) is 0 Å². The maximum atomic E-state index is 13.8. The number of carbonyl (C=O) groups is 1. The summed E-state index contributed by atoms with van der Waals surface area (Å²) in [5.74, 6) is -0.0975. The third-order valence-corrected chi connectivity index (χ3v) is 5.80. The lowest BCUT2D eigenvalue weighted by atomic mass is 10.2. The Morgan fingerprint density at radius 2 is 1.88 bits per heavy atom. The van der Waals surface area contributed by atoms with Gasteiger partial charge in [0.25, 0.3) is 0 Å². The van der Waals surface area contributed by atoms with E-state index in [2.05, 4.69) is 25.9 Å². The Bertz CT molecular complexity index is 768. The second-order valence-electron chi connectivity index (χ2n) is 6.39. The fraction of sp³-hybridized carbons (Fsp3) is 0.444. The summed E-state index contributed by atoms with van der Waals surface area (Å²) in [5.41, 5.74) is 2.55. The van der Waals surface area contributed by atoms with Gasteiger partial charge in [0.05, 0.1) is 15.9 Å². The molecule has 2 aromatic rings. The van der Waals surface area contributed by atoms with Crippen LogP contribution in [0.25, 0.3) is 0 Å². The number of aryl methyl sites for hydroxylation is 1. The maximum Gasteiger partial charge on any atom is 0.244 e. The van der Waals surface area contributed by atoms with E-state index >= 15 is 0 Å². The number of halogens is 2. The maximum absolute atomic E-state index is 13.8. The molecule has 0 radical (unpaired) electrons. The van der Waals surface area contributed by atoms with Gasteiger partial charge in [-0.1, -0.05) is 18.2 Å². The highest BCUT2D eigenvalue weighted by Gasteiger charge is 2.23. The lowest BCUT2D eigenvalue weighted by Crippen LogP contribution is -2.49. The second-order valence-corrected chi connectivity index (χ2v) is 7.18. The summed E-state index contributed by atoms with van der Waals surface area (Å²) in [6.45, 7) is 7.53. The first-order chi connectivity index (χ1) is 12.0.